The Hall–Kier alpha value is -3.00. The molecule has 0 aliphatic carbocycles. The molecular formula is C18H17NO6S. The molecule has 1 aliphatic heterocycles. The molecule has 3 rings (SSSR count). The quantitative estimate of drug-likeness (QED) is 0.770. The normalized spacial score (nSPS) is 17.1. The third-order valence-corrected chi connectivity index (χ3v) is 4.86. The van der Waals surface area contributed by atoms with Gasteiger partial charge in [-0.25, -0.2) is 0 Å². The number of ketones is 1. The standard InChI is InChI=1S/C18H17NO6S/c1-23-14-10-6-5-9-13(14)16-15(20)17(18(19)24-16)25-26(21,22)11-12-7-3-2-4-8-12/h2-10,16H,11,19H2,1H3. The fraction of sp³-hybridized carbons (Fsp3) is 0.167. The summed E-state index contributed by atoms with van der Waals surface area (Å²) in [6.07, 6.45) is -1.12. The molecule has 136 valence electrons. The Kier molecular flexibility index (Phi) is 4.85. The van der Waals surface area contributed by atoms with E-state index in [0.717, 1.165) is 0 Å². The first-order valence-corrected chi connectivity index (χ1v) is 9.28. The highest BCUT2D eigenvalue weighted by Crippen LogP contribution is 2.36. The van der Waals surface area contributed by atoms with Gasteiger partial charge in [-0.3, -0.25) is 4.79 Å². The van der Waals surface area contributed by atoms with Crippen molar-refractivity contribution in [2.45, 2.75) is 11.9 Å². The number of nitrogens with two attached hydrogens (primary N) is 1. The number of rotatable bonds is 6. The zero-order chi connectivity index (χ0) is 18.7. The van der Waals surface area contributed by atoms with E-state index in [4.69, 9.17) is 19.4 Å². The van der Waals surface area contributed by atoms with Crippen LogP contribution < -0.4 is 10.5 Å². The van der Waals surface area contributed by atoms with Crippen LogP contribution in [0.25, 0.3) is 0 Å². The highest BCUT2D eigenvalue weighted by atomic mass is 32.2. The summed E-state index contributed by atoms with van der Waals surface area (Å²) in [5.74, 6) is -1.54. The van der Waals surface area contributed by atoms with E-state index >= 15 is 0 Å². The van der Waals surface area contributed by atoms with Gasteiger partial charge in [0.2, 0.25) is 17.4 Å². The lowest BCUT2D eigenvalue weighted by atomic mass is 10.0. The zero-order valence-electron chi connectivity index (χ0n) is 13.9. The second kappa shape index (κ2) is 7.09. The van der Waals surface area contributed by atoms with Crippen molar-refractivity contribution in [3.05, 3.63) is 77.4 Å². The zero-order valence-corrected chi connectivity index (χ0v) is 14.7. The Balaban J connectivity index is 1.81. The Morgan fingerprint density at radius 3 is 2.42 bits per heavy atom. The number of carbonyl (C=O) groups excluding carboxylic acids is 1. The van der Waals surface area contributed by atoms with Crippen LogP contribution in [-0.2, 0) is 29.6 Å². The van der Waals surface area contributed by atoms with Crippen molar-refractivity contribution in [2.24, 2.45) is 5.73 Å². The maximum absolute atomic E-state index is 12.6. The van der Waals surface area contributed by atoms with Gasteiger partial charge in [0, 0.05) is 5.56 Å². The molecule has 7 nitrogen and oxygen atoms in total. The van der Waals surface area contributed by atoms with Crippen molar-refractivity contribution in [1.29, 1.82) is 0 Å². The average molecular weight is 375 g/mol. The third kappa shape index (κ3) is 3.65. The molecule has 0 aromatic heterocycles. The number of ether oxygens (including phenoxy) is 2. The molecule has 2 aromatic carbocycles. The molecule has 0 saturated heterocycles. The maximum Gasteiger partial charge on any atom is 0.313 e. The highest BCUT2D eigenvalue weighted by Gasteiger charge is 2.40. The molecule has 1 aliphatic rings. The Morgan fingerprint density at radius 1 is 1.08 bits per heavy atom. The minimum atomic E-state index is -4.08. The molecule has 1 atom stereocenters. The van der Waals surface area contributed by atoms with E-state index in [0.29, 0.717) is 16.9 Å². The van der Waals surface area contributed by atoms with Gasteiger partial charge in [-0.15, -0.1) is 0 Å². The predicted molar refractivity (Wildman–Crippen MR) is 93.2 cm³/mol. The van der Waals surface area contributed by atoms with Crippen molar-refractivity contribution in [3.63, 3.8) is 0 Å². The fourth-order valence-electron chi connectivity index (χ4n) is 2.58. The topological polar surface area (TPSA) is 105 Å². The first-order valence-electron chi connectivity index (χ1n) is 7.71. The number of para-hydroxylation sites is 1. The second-order valence-electron chi connectivity index (χ2n) is 5.57. The summed E-state index contributed by atoms with van der Waals surface area (Å²) in [7, 11) is -2.62. The van der Waals surface area contributed by atoms with E-state index in [-0.39, 0.29) is 5.88 Å². The van der Waals surface area contributed by atoms with E-state index in [1.165, 1.54) is 7.11 Å². The van der Waals surface area contributed by atoms with Gasteiger partial charge in [0.25, 0.3) is 0 Å². The molecule has 1 heterocycles. The largest absolute Gasteiger partial charge is 0.496 e. The van der Waals surface area contributed by atoms with E-state index in [2.05, 4.69) is 0 Å². The molecule has 2 aromatic rings. The summed E-state index contributed by atoms with van der Waals surface area (Å²) in [4.78, 5) is 12.6. The molecule has 0 bridgehead atoms. The molecule has 26 heavy (non-hydrogen) atoms. The summed E-state index contributed by atoms with van der Waals surface area (Å²) < 4.78 is 40.1. The Bertz CT molecular complexity index is 953. The summed E-state index contributed by atoms with van der Waals surface area (Å²) in [6, 6.07) is 15.2. The van der Waals surface area contributed by atoms with E-state index in [1.807, 2.05) is 0 Å². The second-order valence-corrected chi connectivity index (χ2v) is 7.14. The lowest BCUT2D eigenvalue weighted by Gasteiger charge is -2.13. The van der Waals surface area contributed by atoms with Gasteiger partial charge in [-0.05, 0) is 11.6 Å². The summed E-state index contributed by atoms with van der Waals surface area (Å²) in [5.41, 5.74) is 6.66. The van der Waals surface area contributed by atoms with Gasteiger partial charge < -0.3 is 19.4 Å². The number of hydrogen-bond donors (Lipinski definition) is 1. The molecular weight excluding hydrogens is 358 g/mol. The van der Waals surface area contributed by atoms with E-state index < -0.39 is 33.5 Å². The van der Waals surface area contributed by atoms with Crippen LogP contribution >= 0.6 is 0 Å². The van der Waals surface area contributed by atoms with Crippen molar-refractivity contribution < 1.29 is 26.9 Å². The lowest BCUT2D eigenvalue weighted by Crippen LogP contribution is -2.16. The van der Waals surface area contributed by atoms with Crippen LogP contribution in [-0.4, -0.2) is 21.3 Å². The Morgan fingerprint density at radius 2 is 1.73 bits per heavy atom. The van der Waals surface area contributed by atoms with Crippen LogP contribution in [0.15, 0.2) is 66.2 Å². The maximum atomic E-state index is 12.6. The van der Waals surface area contributed by atoms with Gasteiger partial charge in [0.05, 0.1) is 7.11 Å². The predicted octanol–water partition coefficient (Wildman–Crippen LogP) is 2.01. The van der Waals surface area contributed by atoms with Crippen LogP contribution in [0.1, 0.15) is 17.2 Å². The number of hydrogen-bond acceptors (Lipinski definition) is 7. The molecule has 0 amide bonds. The van der Waals surface area contributed by atoms with E-state index in [1.54, 1.807) is 54.6 Å². The fourth-order valence-corrected chi connectivity index (χ4v) is 3.66. The lowest BCUT2D eigenvalue weighted by molar-refractivity contribution is -0.123. The number of carbonyl (C=O) groups is 1. The summed E-state index contributed by atoms with van der Waals surface area (Å²) >= 11 is 0. The van der Waals surface area contributed by atoms with Gasteiger partial charge in [0.1, 0.15) is 11.5 Å². The molecule has 2 N–H and O–H groups in total. The first-order chi connectivity index (χ1) is 12.4. The Labute approximate surface area is 151 Å². The molecule has 1 unspecified atom stereocenters. The van der Waals surface area contributed by atoms with Crippen LogP contribution in [0, 0.1) is 0 Å². The number of Topliss-reactive ketones (excluding diaryl/α,β-unsaturated/α-hetero) is 1. The van der Waals surface area contributed by atoms with Crippen molar-refractivity contribution in [2.75, 3.05) is 7.11 Å². The molecule has 0 saturated carbocycles. The first kappa shape index (κ1) is 17.8. The van der Waals surface area contributed by atoms with E-state index in [9.17, 15) is 13.2 Å². The van der Waals surface area contributed by atoms with Gasteiger partial charge in [-0.2, -0.15) is 8.42 Å². The van der Waals surface area contributed by atoms with Crippen molar-refractivity contribution >= 4 is 15.9 Å². The molecule has 8 heteroatoms. The summed E-state index contributed by atoms with van der Waals surface area (Å²) in [6.45, 7) is 0. The molecule has 0 radical (unpaired) electrons. The summed E-state index contributed by atoms with van der Waals surface area (Å²) in [5, 5.41) is 0. The molecule has 0 spiro atoms. The minimum absolute atomic E-state index is 0.373. The van der Waals surface area contributed by atoms with Crippen LogP contribution in [0.4, 0.5) is 0 Å². The number of methoxy groups -OCH3 is 1. The highest BCUT2D eigenvalue weighted by molar-refractivity contribution is 7.86. The average Bonchev–Trinajstić information content (AvgIpc) is 2.90. The van der Waals surface area contributed by atoms with Crippen molar-refractivity contribution in [3.8, 4) is 5.75 Å². The molecule has 0 fully saturated rings. The minimum Gasteiger partial charge on any atom is -0.496 e. The van der Waals surface area contributed by atoms with Crippen LogP contribution in [0.2, 0.25) is 0 Å². The third-order valence-electron chi connectivity index (χ3n) is 3.75. The van der Waals surface area contributed by atoms with Crippen LogP contribution in [0.3, 0.4) is 0 Å². The van der Waals surface area contributed by atoms with Gasteiger partial charge in [0.15, 0.2) is 6.10 Å². The van der Waals surface area contributed by atoms with Crippen LogP contribution in [0.5, 0.6) is 5.75 Å². The van der Waals surface area contributed by atoms with Gasteiger partial charge >= 0.3 is 10.1 Å². The smallest absolute Gasteiger partial charge is 0.313 e. The van der Waals surface area contributed by atoms with Crippen molar-refractivity contribution in [1.82, 2.24) is 0 Å². The van der Waals surface area contributed by atoms with Gasteiger partial charge in [-0.1, -0.05) is 48.5 Å². The number of benzene rings is 2. The monoisotopic (exact) mass is 375 g/mol. The SMILES string of the molecule is COc1ccccc1C1OC(N)=C(OS(=O)(=O)Cc2ccccc2)C1=O.